The van der Waals surface area contributed by atoms with Gasteiger partial charge in [0.15, 0.2) is 5.69 Å². The molecule has 0 unspecified atom stereocenters. The normalized spacial score (nSPS) is 17.6. The molecule has 0 bridgehead atoms. The van der Waals surface area contributed by atoms with Crippen molar-refractivity contribution in [2.24, 2.45) is 0 Å². The summed E-state index contributed by atoms with van der Waals surface area (Å²) < 4.78 is 44.4. The predicted molar refractivity (Wildman–Crippen MR) is 120 cm³/mol. The molecule has 0 saturated carbocycles. The standard InChI is InChI=1S/C24H22F3N5O2/c1-14-2-3-17(30-23(33)16-9-22(24(25,26)27)31-29-12-16)10-19(14)15-8-21-20(28-11-15)5-4-18-13-34-7-6-32(18)21/h2-3,8-12,18H,4-7,13H2,1H3,(H,30,33)/t18-/m1/s1. The first kappa shape index (κ1) is 22.3. The lowest BCUT2D eigenvalue weighted by Crippen LogP contribution is -2.48. The number of fused-ring (bicyclic) bond motifs is 3. The number of anilines is 2. The molecule has 2 aromatic heterocycles. The molecule has 1 saturated heterocycles. The van der Waals surface area contributed by atoms with Gasteiger partial charge in [0.1, 0.15) is 0 Å². The van der Waals surface area contributed by atoms with E-state index in [-0.39, 0.29) is 5.56 Å². The van der Waals surface area contributed by atoms with Crippen molar-refractivity contribution >= 4 is 17.3 Å². The van der Waals surface area contributed by atoms with Gasteiger partial charge in [-0.1, -0.05) is 6.07 Å². The van der Waals surface area contributed by atoms with Crippen LogP contribution >= 0.6 is 0 Å². The lowest BCUT2D eigenvalue weighted by atomic mass is 9.95. The second-order valence-electron chi connectivity index (χ2n) is 8.46. The number of nitrogens with zero attached hydrogens (tertiary/aromatic N) is 4. The van der Waals surface area contributed by atoms with E-state index in [9.17, 15) is 18.0 Å². The quantitative estimate of drug-likeness (QED) is 0.617. The molecule has 10 heteroatoms. The van der Waals surface area contributed by atoms with Gasteiger partial charge in [0.05, 0.1) is 42.4 Å². The van der Waals surface area contributed by atoms with E-state index in [0.717, 1.165) is 53.7 Å². The first-order chi connectivity index (χ1) is 16.3. The predicted octanol–water partition coefficient (Wildman–Crippen LogP) is 4.27. The van der Waals surface area contributed by atoms with E-state index < -0.39 is 17.8 Å². The van der Waals surface area contributed by atoms with Gasteiger partial charge < -0.3 is 15.0 Å². The molecule has 7 nitrogen and oxygen atoms in total. The summed E-state index contributed by atoms with van der Waals surface area (Å²) in [6, 6.07) is 8.52. The first-order valence-electron chi connectivity index (χ1n) is 11.0. The Kier molecular flexibility index (Phi) is 5.68. The number of nitrogens with one attached hydrogen (secondary N) is 1. The molecule has 34 heavy (non-hydrogen) atoms. The molecule has 3 aromatic rings. The highest BCUT2D eigenvalue weighted by molar-refractivity contribution is 6.04. The minimum atomic E-state index is -4.68. The zero-order chi connectivity index (χ0) is 23.9. The molecule has 1 atom stereocenters. The Morgan fingerprint density at radius 3 is 2.88 bits per heavy atom. The van der Waals surface area contributed by atoms with Crippen LogP contribution in [-0.2, 0) is 17.3 Å². The molecule has 5 rings (SSSR count). The summed E-state index contributed by atoms with van der Waals surface area (Å²) in [5, 5.41) is 9.03. The fourth-order valence-electron chi connectivity index (χ4n) is 4.43. The topological polar surface area (TPSA) is 80.2 Å². The van der Waals surface area contributed by atoms with Gasteiger partial charge in [-0.2, -0.15) is 18.3 Å². The van der Waals surface area contributed by atoms with Gasteiger partial charge in [-0.3, -0.25) is 9.78 Å². The number of aromatic nitrogens is 3. The summed E-state index contributed by atoms with van der Waals surface area (Å²) in [5.74, 6) is -0.699. The van der Waals surface area contributed by atoms with Gasteiger partial charge in [-0.05, 0) is 55.2 Å². The number of carbonyl (C=O) groups excluding carboxylic acids is 1. The third kappa shape index (κ3) is 4.33. The van der Waals surface area contributed by atoms with E-state index in [1.165, 1.54) is 0 Å². The van der Waals surface area contributed by atoms with Crippen LogP contribution in [0.5, 0.6) is 0 Å². The summed E-state index contributed by atoms with van der Waals surface area (Å²) in [6.45, 7) is 4.17. The maximum atomic E-state index is 12.9. The van der Waals surface area contributed by atoms with Gasteiger partial charge >= 0.3 is 6.18 Å². The number of benzene rings is 1. The SMILES string of the molecule is Cc1ccc(NC(=O)c2cnnc(C(F)(F)F)c2)cc1-c1cnc2c(c1)N1CCOC[C@H]1CC2. The molecule has 2 aliphatic heterocycles. The van der Waals surface area contributed by atoms with Gasteiger partial charge in [0.2, 0.25) is 0 Å². The van der Waals surface area contributed by atoms with Crippen molar-refractivity contribution in [3.05, 3.63) is 65.2 Å². The number of hydrogen-bond acceptors (Lipinski definition) is 6. The Labute approximate surface area is 194 Å². The Bertz CT molecular complexity index is 1250. The second-order valence-corrected chi connectivity index (χ2v) is 8.46. The van der Waals surface area contributed by atoms with E-state index in [4.69, 9.17) is 9.72 Å². The highest BCUT2D eigenvalue weighted by atomic mass is 19.4. The zero-order valence-corrected chi connectivity index (χ0v) is 18.4. The fourth-order valence-corrected chi connectivity index (χ4v) is 4.43. The van der Waals surface area contributed by atoms with Crippen LogP contribution in [0.25, 0.3) is 11.1 Å². The van der Waals surface area contributed by atoms with E-state index in [0.29, 0.717) is 31.0 Å². The average molecular weight is 469 g/mol. The molecule has 1 fully saturated rings. The largest absolute Gasteiger partial charge is 0.435 e. The highest BCUT2D eigenvalue weighted by Gasteiger charge is 2.34. The van der Waals surface area contributed by atoms with Crippen LogP contribution in [0.3, 0.4) is 0 Å². The monoisotopic (exact) mass is 469 g/mol. The molecule has 2 aliphatic rings. The third-order valence-corrected chi connectivity index (χ3v) is 6.21. The van der Waals surface area contributed by atoms with Gasteiger partial charge in [0, 0.05) is 24.0 Å². The van der Waals surface area contributed by atoms with E-state index in [1.54, 1.807) is 12.1 Å². The minimum Gasteiger partial charge on any atom is -0.377 e. The summed E-state index contributed by atoms with van der Waals surface area (Å²) >= 11 is 0. The smallest absolute Gasteiger partial charge is 0.377 e. The Balaban J connectivity index is 1.42. The lowest BCUT2D eigenvalue weighted by molar-refractivity contribution is -0.141. The average Bonchev–Trinajstić information content (AvgIpc) is 2.84. The van der Waals surface area contributed by atoms with Gasteiger partial charge in [-0.15, -0.1) is 5.10 Å². The Morgan fingerprint density at radius 1 is 1.21 bits per heavy atom. The van der Waals surface area contributed by atoms with Crippen LogP contribution in [0.15, 0.2) is 42.7 Å². The van der Waals surface area contributed by atoms with Crippen molar-refractivity contribution in [1.29, 1.82) is 0 Å². The van der Waals surface area contributed by atoms with Crippen molar-refractivity contribution in [2.45, 2.75) is 32.0 Å². The van der Waals surface area contributed by atoms with Crippen LogP contribution in [0, 0.1) is 6.92 Å². The number of ether oxygens (including phenoxy) is 1. The number of rotatable bonds is 3. The molecule has 4 heterocycles. The van der Waals surface area contributed by atoms with Crippen molar-refractivity contribution in [2.75, 3.05) is 30.0 Å². The van der Waals surface area contributed by atoms with Gasteiger partial charge in [0.25, 0.3) is 5.91 Å². The van der Waals surface area contributed by atoms with E-state index in [1.807, 2.05) is 19.2 Å². The van der Waals surface area contributed by atoms with Gasteiger partial charge in [-0.25, -0.2) is 0 Å². The molecule has 1 amide bonds. The lowest BCUT2D eigenvalue weighted by Gasteiger charge is -2.41. The molecule has 0 spiro atoms. The number of pyridine rings is 1. The number of halogens is 3. The van der Waals surface area contributed by atoms with Crippen LogP contribution in [0.4, 0.5) is 24.5 Å². The van der Waals surface area contributed by atoms with Crippen LogP contribution in [0.2, 0.25) is 0 Å². The summed E-state index contributed by atoms with van der Waals surface area (Å²) in [5.41, 5.74) is 3.96. The zero-order valence-electron chi connectivity index (χ0n) is 18.4. The van der Waals surface area contributed by atoms with E-state index in [2.05, 4.69) is 26.5 Å². The summed E-state index contributed by atoms with van der Waals surface area (Å²) in [4.78, 5) is 19.7. The molecule has 1 N–H and O–H groups in total. The Morgan fingerprint density at radius 2 is 2.06 bits per heavy atom. The van der Waals surface area contributed by atoms with Crippen molar-refractivity contribution < 1.29 is 22.7 Å². The first-order valence-corrected chi connectivity index (χ1v) is 11.0. The van der Waals surface area contributed by atoms with Crippen molar-refractivity contribution in [3.8, 4) is 11.1 Å². The summed E-state index contributed by atoms with van der Waals surface area (Å²) in [7, 11) is 0. The molecular formula is C24H22F3N5O2. The maximum absolute atomic E-state index is 12.9. The number of aryl methyl sites for hydroxylation is 2. The van der Waals surface area contributed by atoms with Crippen molar-refractivity contribution in [1.82, 2.24) is 15.2 Å². The number of carbonyl (C=O) groups is 1. The van der Waals surface area contributed by atoms with Crippen LogP contribution in [-0.4, -0.2) is 46.9 Å². The highest BCUT2D eigenvalue weighted by Crippen LogP contribution is 2.36. The van der Waals surface area contributed by atoms with Crippen LogP contribution < -0.4 is 10.2 Å². The molecule has 0 radical (unpaired) electrons. The van der Waals surface area contributed by atoms with E-state index >= 15 is 0 Å². The fraction of sp³-hybridized carbons (Fsp3) is 0.333. The number of amides is 1. The number of alkyl halides is 3. The maximum Gasteiger partial charge on any atom is 0.435 e. The second kappa shape index (κ2) is 8.68. The number of morpholine rings is 1. The van der Waals surface area contributed by atoms with Crippen molar-refractivity contribution in [3.63, 3.8) is 0 Å². The molecule has 0 aliphatic carbocycles. The molecular weight excluding hydrogens is 447 g/mol. The minimum absolute atomic E-state index is 0.224. The number of hydrogen-bond donors (Lipinski definition) is 1. The summed E-state index contributed by atoms with van der Waals surface area (Å²) in [6.07, 6.45) is 0.0654. The Hall–Kier alpha value is -3.53. The third-order valence-electron chi connectivity index (χ3n) is 6.21. The molecule has 1 aromatic carbocycles. The molecule has 176 valence electrons. The van der Waals surface area contributed by atoms with Crippen LogP contribution in [0.1, 0.15) is 33.7 Å².